The van der Waals surface area contributed by atoms with Crippen LogP contribution in [-0.2, 0) is 11.2 Å². The van der Waals surface area contributed by atoms with Crippen molar-refractivity contribution in [2.75, 3.05) is 19.0 Å². The van der Waals surface area contributed by atoms with Gasteiger partial charge in [0.05, 0.1) is 24.2 Å². The van der Waals surface area contributed by atoms with Crippen LogP contribution in [0, 0.1) is 0 Å². The molecule has 8 nitrogen and oxygen atoms in total. The molecule has 4 aromatic rings. The number of methoxy groups -OCH3 is 1. The monoisotopic (exact) mass is 596 g/mol. The zero-order valence-electron chi connectivity index (χ0n) is 20.9. The lowest BCUT2D eigenvalue weighted by Crippen LogP contribution is -2.23. The zero-order valence-corrected chi connectivity index (χ0v) is 23.3. The van der Waals surface area contributed by atoms with Gasteiger partial charge in [-0.2, -0.15) is 9.78 Å². The molecule has 0 radical (unpaired) electrons. The van der Waals surface area contributed by atoms with Gasteiger partial charge in [-0.25, -0.2) is 4.98 Å². The summed E-state index contributed by atoms with van der Waals surface area (Å²) in [5.41, 5.74) is 1.40. The number of aromatic nitrogens is 2. The van der Waals surface area contributed by atoms with Crippen molar-refractivity contribution in [3.05, 3.63) is 91.9 Å². The summed E-state index contributed by atoms with van der Waals surface area (Å²) in [7, 11) is 1.47. The fourth-order valence-electron chi connectivity index (χ4n) is 3.78. The van der Waals surface area contributed by atoms with E-state index in [0.717, 1.165) is 17.3 Å². The molecule has 0 atom stereocenters. The fraction of sp³-hybridized carbons (Fsp3) is 0.214. The number of hydrogen-bond acceptors (Lipinski definition) is 6. The van der Waals surface area contributed by atoms with E-state index in [0.29, 0.717) is 45.2 Å². The molecule has 1 amide bonds. The van der Waals surface area contributed by atoms with Crippen molar-refractivity contribution in [1.29, 1.82) is 0 Å². The zero-order chi connectivity index (χ0) is 27.1. The minimum Gasteiger partial charge on any atom is -0.493 e. The minimum atomic E-state index is -0.349. The van der Waals surface area contributed by atoms with Gasteiger partial charge in [0.2, 0.25) is 0 Å². The van der Waals surface area contributed by atoms with E-state index in [9.17, 15) is 9.59 Å². The van der Waals surface area contributed by atoms with Crippen molar-refractivity contribution in [2.24, 2.45) is 5.10 Å². The Labute approximate surface area is 233 Å². The van der Waals surface area contributed by atoms with Crippen molar-refractivity contribution >= 4 is 56.2 Å². The number of carbonyl (C=O) groups is 1. The minimum absolute atomic E-state index is 0.267. The highest BCUT2D eigenvalue weighted by Crippen LogP contribution is 2.34. The molecule has 4 rings (SSSR count). The summed E-state index contributed by atoms with van der Waals surface area (Å²) in [5, 5.41) is 8.08. The van der Waals surface area contributed by atoms with E-state index in [-0.39, 0.29) is 23.8 Å². The highest BCUT2D eigenvalue weighted by Gasteiger charge is 2.16. The van der Waals surface area contributed by atoms with Crippen LogP contribution < -0.4 is 20.3 Å². The molecule has 0 saturated heterocycles. The number of rotatable bonds is 10. The van der Waals surface area contributed by atoms with Crippen LogP contribution in [0.2, 0.25) is 5.02 Å². The second-order valence-corrected chi connectivity index (χ2v) is 9.74. The Kier molecular flexibility index (Phi) is 9.15. The molecule has 38 heavy (non-hydrogen) atoms. The molecule has 10 heteroatoms. The lowest BCUT2D eigenvalue weighted by Gasteiger charge is -2.14. The highest BCUT2D eigenvalue weighted by atomic mass is 79.9. The maximum absolute atomic E-state index is 13.4. The van der Waals surface area contributed by atoms with Gasteiger partial charge < -0.3 is 14.8 Å². The summed E-state index contributed by atoms with van der Waals surface area (Å²) in [5.74, 6) is 0.786. The Bertz CT molecular complexity index is 1540. The van der Waals surface area contributed by atoms with Crippen molar-refractivity contribution in [1.82, 2.24) is 9.66 Å². The standard InChI is InChI=1S/C28H26BrClN4O4/c1-3-4-10-25-33-23-12-11-19(29)14-22(23)28(36)34(25)31-16-18-13-20(30)15-24(37-2)27(18)38-17-26(35)32-21-8-6-5-7-9-21/h5-9,11-16H,3-4,10,17H2,1-2H3,(H,32,35). The second-order valence-electron chi connectivity index (χ2n) is 8.38. The van der Waals surface area contributed by atoms with Gasteiger partial charge in [0.1, 0.15) is 5.82 Å². The lowest BCUT2D eigenvalue weighted by atomic mass is 10.2. The Morgan fingerprint density at radius 2 is 1.97 bits per heavy atom. The van der Waals surface area contributed by atoms with E-state index >= 15 is 0 Å². The highest BCUT2D eigenvalue weighted by molar-refractivity contribution is 9.10. The van der Waals surface area contributed by atoms with E-state index in [1.807, 2.05) is 24.3 Å². The number of ether oxygens (including phenoxy) is 2. The van der Waals surface area contributed by atoms with Crippen molar-refractivity contribution in [2.45, 2.75) is 26.2 Å². The van der Waals surface area contributed by atoms with E-state index in [1.54, 1.807) is 36.4 Å². The van der Waals surface area contributed by atoms with Gasteiger partial charge in [-0.1, -0.05) is 59.1 Å². The predicted molar refractivity (Wildman–Crippen MR) is 154 cm³/mol. The van der Waals surface area contributed by atoms with Gasteiger partial charge in [0, 0.05) is 33.2 Å². The summed E-state index contributed by atoms with van der Waals surface area (Å²) in [4.78, 5) is 30.6. The number of nitrogens with zero attached hydrogens (tertiary/aromatic N) is 3. The fourth-order valence-corrected chi connectivity index (χ4v) is 4.36. The second kappa shape index (κ2) is 12.7. The average molecular weight is 598 g/mol. The molecule has 0 aliphatic heterocycles. The molecular formula is C28H26BrClN4O4. The van der Waals surface area contributed by atoms with Gasteiger partial charge in [-0.05, 0) is 42.8 Å². The average Bonchev–Trinajstić information content (AvgIpc) is 2.91. The number of nitrogens with one attached hydrogen (secondary N) is 1. The summed E-state index contributed by atoms with van der Waals surface area (Å²) >= 11 is 9.73. The Balaban J connectivity index is 1.69. The number of benzene rings is 3. The number of aryl methyl sites for hydroxylation is 1. The molecule has 0 fully saturated rings. The topological polar surface area (TPSA) is 94.8 Å². The molecule has 3 aromatic carbocycles. The van der Waals surface area contributed by atoms with Gasteiger partial charge in [0.25, 0.3) is 11.5 Å². The molecule has 0 aliphatic rings. The molecule has 1 aromatic heterocycles. The van der Waals surface area contributed by atoms with Crippen molar-refractivity contribution in [3.8, 4) is 11.5 Å². The first-order chi connectivity index (χ1) is 18.4. The van der Waals surface area contributed by atoms with Crippen molar-refractivity contribution in [3.63, 3.8) is 0 Å². The van der Waals surface area contributed by atoms with Crippen LogP contribution in [0.4, 0.5) is 5.69 Å². The largest absolute Gasteiger partial charge is 0.493 e. The predicted octanol–water partition coefficient (Wildman–Crippen LogP) is 6.06. The van der Waals surface area contributed by atoms with Crippen LogP contribution in [0.3, 0.4) is 0 Å². The SMILES string of the molecule is CCCCc1nc2ccc(Br)cc2c(=O)n1N=Cc1cc(Cl)cc(OC)c1OCC(=O)Nc1ccccc1. The van der Waals surface area contributed by atoms with E-state index in [4.69, 9.17) is 26.1 Å². The molecular weight excluding hydrogens is 572 g/mol. The molecule has 1 heterocycles. The number of halogens is 2. The van der Waals surface area contributed by atoms with Gasteiger partial charge in [0.15, 0.2) is 18.1 Å². The lowest BCUT2D eigenvalue weighted by molar-refractivity contribution is -0.118. The molecule has 0 bridgehead atoms. The molecule has 1 N–H and O–H groups in total. The Morgan fingerprint density at radius 3 is 2.71 bits per heavy atom. The number of amides is 1. The van der Waals surface area contributed by atoms with E-state index < -0.39 is 0 Å². The van der Waals surface area contributed by atoms with E-state index in [1.165, 1.54) is 18.0 Å². The number of anilines is 1. The van der Waals surface area contributed by atoms with Crippen molar-refractivity contribution < 1.29 is 14.3 Å². The Hall–Kier alpha value is -3.69. The number of carbonyl (C=O) groups excluding carboxylic acids is 1. The van der Waals surface area contributed by atoms with Crippen LogP contribution in [0.25, 0.3) is 10.9 Å². The first-order valence-corrected chi connectivity index (χ1v) is 13.2. The maximum Gasteiger partial charge on any atom is 0.282 e. The summed E-state index contributed by atoms with van der Waals surface area (Å²) < 4.78 is 13.4. The first kappa shape index (κ1) is 27.3. The summed E-state index contributed by atoms with van der Waals surface area (Å²) in [6.45, 7) is 1.79. The summed E-state index contributed by atoms with van der Waals surface area (Å²) in [6.07, 6.45) is 3.82. The number of unbranched alkanes of at least 4 members (excludes halogenated alkanes) is 1. The van der Waals surface area contributed by atoms with Crippen LogP contribution in [0.5, 0.6) is 11.5 Å². The van der Waals surface area contributed by atoms with Gasteiger partial charge in [-0.15, -0.1) is 0 Å². The molecule has 0 aliphatic carbocycles. The number of fused-ring (bicyclic) bond motifs is 1. The van der Waals surface area contributed by atoms with Crippen LogP contribution in [0.15, 0.2) is 75.0 Å². The normalized spacial score (nSPS) is 11.2. The third kappa shape index (κ3) is 6.59. The van der Waals surface area contributed by atoms with Gasteiger partial charge >= 0.3 is 0 Å². The Morgan fingerprint density at radius 1 is 1.18 bits per heavy atom. The third-order valence-corrected chi connectivity index (χ3v) is 6.33. The van der Waals surface area contributed by atoms with E-state index in [2.05, 4.69) is 33.3 Å². The van der Waals surface area contributed by atoms with Crippen LogP contribution >= 0.6 is 27.5 Å². The number of hydrogen-bond donors (Lipinski definition) is 1. The molecule has 0 unspecified atom stereocenters. The maximum atomic E-state index is 13.4. The molecule has 0 spiro atoms. The molecule has 196 valence electrons. The first-order valence-electron chi connectivity index (χ1n) is 12.0. The van der Waals surface area contributed by atoms with Crippen LogP contribution in [0.1, 0.15) is 31.2 Å². The smallest absolute Gasteiger partial charge is 0.282 e. The van der Waals surface area contributed by atoms with Crippen LogP contribution in [-0.4, -0.2) is 35.5 Å². The number of para-hydroxylation sites is 1. The molecule has 0 saturated carbocycles. The summed E-state index contributed by atoms with van der Waals surface area (Å²) in [6, 6.07) is 17.7. The quantitative estimate of drug-likeness (QED) is 0.224. The third-order valence-electron chi connectivity index (χ3n) is 5.62. The van der Waals surface area contributed by atoms with Gasteiger partial charge in [-0.3, -0.25) is 9.59 Å².